The zero-order valence-electron chi connectivity index (χ0n) is 14.2. The topological polar surface area (TPSA) is 91.8 Å². The van der Waals surface area contributed by atoms with E-state index in [0.29, 0.717) is 12.8 Å². The van der Waals surface area contributed by atoms with Crippen LogP contribution in [0.3, 0.4) is 0 Å². The Bertz CT molecular complexity index is 733. The molecule has 1 aromatic rings. The number of nitrogens with zero attached hydrogens (tertiary/aromatic N) is 1. The van der Waals surface area contributed by atoms with Gasteiger partial charge in [-0.3, -0.25) is 4.79 Å². The molecule has 0 spiro atoms. The predicted octanol–water partition coefficient (Wildman–Crippen LogP) is 2.01. The quantitative estimate of drug-likeness (QED) is 0.874. The van der Waals surface area contributed by atoms with Crippen LogP contribution in [0.1, 0.15) is 38.2 Å². The Morgan fingerprint density at radius 1 is 1.17 bits per heavy atom. The monoisotopic (exact) mass is 353 g/mol. The number of carboxylic acid groups (broad SMARTS) is 1. The summed E-state index contributed by atoms with van der Waals surface area (Å²) in [5.41, 5.74) is 0.928. The maximum Gasteiger partial charge on any atom is 0.326 e. The van der Waals surface area contributed by atoms with E-state index >= 15 is 0 Å². The minimum absolute atomic E-state index is 0.111. The summed E-state index contributed by atoms with van der Waals surface area (Å²) in [5.74, 6) is -1.79. The van der Waals surface area contributed by atoms with Gasteiger partial charge in [-0.2, -0.15) is 0 Å². The van der Waals surface area contributed by atoms with Gasteiger partial charge in [0.1, 0.15) is 6.04 Å². The minimum Gasteiger partial charge on any atom is -0.480 e. The van der Waals surface area contributed by atoms with Crippen LogP contribution in [-0.4, -0.2) is 48.1 Å². The van der Waals surface area contributed by atoms with Gasteiger partial charge < -0.3 is 10.0 Å². The zero-order valence-corrected chi connectivity index (χ0v) is 15.0. The number of benzene rings is 1. The van der Waals surface area contributed by atoms with Crippen LogP contribution in [0, 0.1) is 6.92 Å². The lowest BCUT2D eigenvalue weighted by Crippen LogP contribution is -2.54. The van der Waals surface area contributed by atoms with Crippen LogP contribution in [0.5, 0.6) is 0 Å². The van der Waals surface area contributed by atoms with Crippen LogP contribution in [0.4, 0.5) is 0 Å². The fourth-order valence-corrected chi connectivity index (χ4v) is 5.30. The van der Waals surface area contributed by atoms with Crippen molar-refractivity contribution in [1.29, 1.82) is 0 Å². The number of carbonyl (C=O) groups excluding carboxylic acids is 1. The molecule has 6 nitrogen and oxygen atoms in total. The molecule has 0 aliphatic heterocycles. The molecule has 1 fully saturated rings. The number of aliphatic carboxylic acids is 1. The minimum atomic E-state index is -3.90. The van der Waals surface area contributed by atoms with Crippen molar-refractivity contribution < 1.29 is 23.1 Å². The van der Waals surface area contributed by atoms with Crippen LogP contribution in [-0.2, 0) is 19.4 Å². The number of carboxylic acids is 1. The number of likely N-dealkylation sites (N-methyl/N-ethyl adjacent to an activating group) is 1. The number of carbonyl (C=O) groups is 2. The average molecular weight is 353 g/mol. The normalized spacial score (nSPS) is 18.1. The van der Waals surface area contributed by atoms with E-state index in [-0.39, 0.29) is 17.7 Å². The molecule has 1 aromatic carbocycles. The van der Waals surface area contributed by atoms with E-state index in [0.717, 1.165) is 10.5 Å². The smallest absolute Gasteiger partial charge is 0.326 e. The Morgan fingerprint density at radius 3 is 2.12 bits per heavy atom. The summed E-state index contributed by atoms with van der Waals surface area (Å²) in [6, 6.07) is 5.34. The lowest BCUT2D eigenvalue weighted by molar-refractivity contribution is -0.149. The molecule has 0 bridgehead atoms. The van der Waals surface area contributed by atoms with Crippen LogP contribution >= 0.6 is 0 Å². The third kappa shape index (κ3) is 2.92. The largest absolute Gasteiger partial charge is 0.480 e. The lowest BCUT2D eigenvalue weighted by atomic mass is 10.0. The van der Waals surface area contributed by atoms with Crippen LogP contribution in [0.15, 0.2) is 29.2 Å². The van der Waals surface area contributed by atoms with Crippen LogP contribution in [0.2, 0.25) is 0 Å². The van der Waals surface area contributed by atoms with E-state index in [9.17, 15) is 18.0 Å². The molecule has 1 N–H and O–H groups in total. The first kappa shape index (κ1) is 18.4. The van der Waals surface area contributed by atoms with Gasteiger partial charge in [-0.1, -0.05) is 30.5 Å². The highest BCUT2D eigenvalue weighted by molar-refractivity contribution is 7.93. The van der Waals surface area contributed by atoms with Gasteiger partial charge in [-0.25, -0.2) is 13.2 Å². The second-order valence-electron chi connectivity index (χ2n) is 6.45. The first-order valence-electron chi connectivity index (χ1n) is 7.95. The fraction of sp³-hybridized carbons (Fsp3) is 0.529. The molecule has 7 heteroatoms. The summed E-state index contributed by atoms with van der Waals surface area (Å²) in [7, 11) is -2.55. The maximum atomic E-state index is 13.2. The van der Waals surface area contributed by atoms with Crippen molar-refractivity contribution in [3.63, 3.8) is 0 Å². The summed E-state index contributed by atoms with van der Waals surface area (Å²) >= 11 is 0. The molecule has 0 saturated heterocycles. The summed E-state index contributed by atoms with van der Waals surface area (Å²) in [5, 5.41) is 9.14. The standard InChI is InChI=1S/C17H23NO5S/c1-12-6-8-14(9-7-12)24(22,23)17(10-4-5-11-17)16(21)18(3)13(2)15(19)20/h6-9,13H,4-5,10-11H2,1-3H3,(H,19,20). The molecule has 1 unspecified atom stereocenters. The van der Waals surface area contributed by atoms with Crippen molar-refractivity contribution in [2.45, 2.75) is 55.2 Å². The van der Waals surface area contributed by atoms with Gasteiger partial charge in [0, 0.05) is 7.05 Å². The number of rotatable bonds is 5. The van der Waals surface area contributed by atoms with Gasteiger partial charge in [0.05, 0.1) is 4.90 Å². The molecule has 1 atom stereocenters. The Hall–Kier alpha value is -1.89. The number of sulfone groups is 1. The molecule has 1 aliphatic rings. The molecule has 1 saturated carbocycles. The van der Waals surface area contributed by atoms with Crippen molar-refractivity contribution in [2.75, 3.05) is 7.05 Å². The summed E-state index contributed by atoms with van der Waals surface area (Å²) in [6.07, 6.45) is 1.70. The molecule has 132 valence electrons. The molecular formula is C17H23NO5S. The van der Waals surface area contributed by atoms with Gasteiger partial charge in [0.25, 0.3) is 0 Å². The predicted molar refractivity (Wildman–Crippen MR) is 89.4 cm³/mol. The summed E-state index contributed by atoms with van der Waals surface area (Å²) in [6.45, 7) is 3.23. The van der Waals surface area contributed by atoms with Gasteiger partial charge in [0.2, 0.25) is 5.91 Å². The molecular weight excluding hydrogens is 330 g/mol. The van der Waals surface area contributed by atoms with Gasteiger partial charge in [-0.15, -0.1) is 0 Å². The Balaban J connectivity index is 2.49. The van der Waals surface area contributed by atoms with E-state index in [1.54, 1.807) is 12.1 Å². The van der Waals surface area contributed by atoms with Crippen molar-refractivity contribution in [1.82, 2.24) is 4.90 Å². The first-order valence-corrected chi connectivity index (χ1v) is 9.43. The fourth-order valence-electron chi connectivity index (χ4n) is 3.15. The highest BCUT2D eigenvalue weighted by atomic mass is 32.2. The third-order valence-electron chi connectivity index (χ3n) is 4.91. The maximum absolute atomic E-state index is 13.2. The Kier molecular flexibility index (Phi) is 5.03. The Labute approximate surface area is 142 Å². The molecule has 24 heavy (non-hydrogen) atoms. The number of hydrogen-bond acceptors (Lipinski definition) is 4. The molecule has 1 aliphatic carbocycles. The van der Waals surface area contributed by atoms with Gasteiger partial charge in [-0.05, 0) is 38.8 Å². The molecule has 1 amide bonds. The molecule has 0 heterocycles. The van der Waals surface area contributed by atoms with E-state index in [4.69, 9.17) is 5.11 Å². The van der Waals surface area contributed by atoms with E-state index in [1.807, 2.05) is 6.92 Å². The first-order chi connectivity index (χ1) is 11.1. The second-order valence-corrected chi connectivity index (χ2v) is 8.71. The van der Waals surface area contributed by atoms with Crippen molar-refractivity contribution in [3.05, 3.63) is 29.8 Å². The zero-order chi connectivity index (χ0) is 18.1. The Morgan fingerprint density at radius 2 is 1.67 bits per heavy atom. The van der Waals surface area contributed by atoms with E-state index in [2.05, 4.69) is 0 Å². The summed E-state index contributed by atoms with van der Waals surface area (Å²) < 4.78 is 24.9. The van der Waals surface area contributed by atoms with Crippen molar-refractivity contribution in [2.24, 2.45) is 0 Å². The molecule has 2 rings (SSSR count). The van der Waals surface area contributed by atoms with Gasteiger partial charge >= 0.3 is 5.97 Å². The lowest BCUT2D eigenvalue weighted by Gasteiger charge is -2.33. The van der Waals surface area contributed by atoms with E-state index in [1.165, 1.54) is 26.1 Å². The highest BCUT2D eigenvalue weighted by Crippen LogP contribution is 2.42. The van der Waals surface area contributed by atoms with Crippen molar-refractivity contribution >= 4 is 21.7 Å². The number of aryl methyl sites for hydroxylation is 1. The van der Waals surface area contributed by atoms with Crippen molar-refractivity contribution in [3.8, 4) is 0 Å². The second kappa shape index (κ2) is 6.55. The third-order valence-corrected chi connectivity index (χ3v) is 7.41. The summed E-state index contributed by atoms with van der Waals surface area (Å²) in [4.78, 5) is 25.3. The molecule has 0 aromatic heterocycles. The SMILES string of the molecule is Cc1ccc(S(=O)(=O)C2(C(=O)N(C)C(C)C(=O)O)CCCC2)cc1. The average Bonchev–Trinajstić information content (AvgIpc) is 3.04. The van der Waals surface area contributed by atoms with Gasteiger partial charge in [0.15, 0.2) is 14.6 Å². The number of amides is 1. The molecule has 0 radical (unpaired) electrons. The highest BCUT2D eigenvalue weighted by Gasteiger charge is 2.54. The van der Waals surface area contributed by atoms with Crippen LogP contribution in [0.25, 0.3) is 0 Å². The van der Waals surface area contributed by atoms with Crippen LogP contribution < -0.4 is 0 Å². The number of hydrogen-bond donors (Lipinski definition) is 1. The van der Waals surface area contributed by atoms with E-state index < -0.39 is 32.5 Å².